The van der Waals surface area contributed by atoms with Gasteiger partial charge in [0.05, 0.1) is 5.25 Å². The summed E-state index contributed by atoms with van der Waals surface area (Å²) in [4.78, 5) is 12.0. The Morgan fingerprint density at radius 3 is 3.08 bits per heavy atom. The van der Waals surface area contributed by atoms with Crippen molar-refractivity contribution in [3.05, 3.63) is 0 Å². The molecule has 0 aromatic rings. The Bertz CT molecular complexity index is 169. The molecule has 0 aliphatic carbocycles. The van der Waals surface area contributed by atoms with E-state index in [2.05, 4.69) is 28.2 Å². The van der Waals surface area contributed by atoms with Gasteiger partial charge < -0.3 is 5.32 Å². The summed E-state index contributed by atoms with van der Waals surface area (Å²) in [7, 11) is 0. The fraction of sp³-hybridized carbons (Fsp3) is 0.889. The highest BCUT2D eigenvalue weighted by Gasteiger charge is 2.22. The van der Waals surface area contributed by atoms with Crippen LogP contribution >= 0.6 is 27.7 Å². The van der Waals surface area contributed by atoms with Gasteiger partial charge in [0.15, 0.2) is 0 Å². The SMILES string of the molecule is CC(Br)CCNC(=O)C1CCCS1. The number of hydrogen-bond donors (Lipinski definition) is 1. The van der Waals surface area contributed by atoms with Gasteiger partial charge in [-0.05, 0) is 25.0 Å². The summed E-state index contributed by atoms with van der Waals surface area (Å²) in [6.07, 6.45) is 3.25. The first-order chi connectivity index (χ1) is 6.20. The summed E-state index contributed by atoms with van der Waals surface area (Å²) in [5.41, 5.74) is 0. The van der Waals surface area contributed by atoms with E-state index in [4.69, 9.17) is 0 Å². The molecule has 1 aliphatic rings. The number of halogens is 1. The molecule has 0 spiro atoms. The maximum atomic E-state index is 11.5. The third kappa shape index (κ3) is 4.36. The van der Waals surface area contributed by atoms with E-state index >= 15 is 0 Å². The lowest BCUT2D eigenvalue weighted by molar-refractivity contribution is -0.120. The van der Waals surface area contributed by atoms with Crippen LogP contribution in [0.2, 0.25) is 0 Å². The van der Waals surface area contributed by atoms with Crippen LogP contribution in [0.25, 0.3) is 0 Å². The number of nitrogens with one attached hydrogen (secondary N) is 1. The molecule has 76 valence electrons. The highest BCUT2D eigenvalue weighted by molar-refractivity contribution is 9.09. The molecule has 1 amide bonds. The Morgan fingerprint density at radius 2 is 2.54 bits per heavy atom. The Kier molecular flexibility index (Phi) is 5.17. The van der Waals surface area contributed by atoms with Crippen LogP contribution in [-0.4, -0.2) is 28.3 Å². The fourth-order valence-electron chi connectivity index (χ4n) is 1.29. The van der Waals surface area contributed by atoms with Crippen LogP contribution in [0.4, 0.5) is 0 Å². The summed E-state index contributed by atoms with van der Waals surface area (Å²) in [5, 5.41) is 3.19. The molecule has 1 fully saturated rings. The molecule has 4 heteroatoms. The van der Waals surface area contributed by atoms with Crippen molar-refractivity contribution >= 4 is 33.6 Å². The van der Waals surface area contributed by atoms with E-state index in [-0.39, 0.29) is 11.2 Å². The van der Waals surface area contributed by atoms with Crippen LogP contribution in [0.15, 0.2) is 0 Å². The summed E-state index contributed by atoms with van der Waals surface area (Å²) in [5.74, 6) is 1.38. The van der Waals surface area contributed by atoms with E-state index < -0.39 is 0 Å². The molecular formula is C9H16BrNOS. The largest absolute Gasteiger partial charge is 0.355 e. The minimum Gasteiger partial charge on any atom is -0.355 e. The number of alkyl halides is 1. The Balaban J connectivity index is 2.10. The maximum Gasteiger partial charge on any atom is 0.233 e. The second-order valence-corrected chi connectivity index (χ2v) is 6.24. The second kappa shape index (κ2) is 5.91. The Morgan fingerprint density at radius 1 is 1.77 bits per heavy atom. The van der Waals surface area contributed by atoms with Gasteiger partial charge in [-0.25, -0.2) is 0 Å². The molecule has 0 saturated carbocycles. The Labute approximate surface area is 92.4 Å². The zero-order valence-corrected chi connectivity index (χ0v) is 10.3. The normalized spacial score (nSPS) is 24.3. The molecule has 1 heterocycles. The van der Waals surface area contributed by atoms with E-state index in [0.29, 0.717) is 4.83 Å². The van der Waals surface area contributed by atoms with Gasteiger partial charge in [-0.15, -0.1) is 11.8 Å². The summed E-state index contributed by atoms with van der Waals surface area (Å²) >= 11 is 5.24. The van der Waals surface area contributed by atoms with Crippen molar-refractivity contribution in [3.8, 4) is 0 Å². The Hall–Kier alpha value is 0.300. The van der Waals surface area contributed by atoms with Gasteiger partial charge in [0.2, 0.25) is 5.91 Å². The van der Waals surface area contributed by atoms with Crippen molar-refractivity contribution < 1.29 is 4.79 Å². The second-order valence-electron chi connectivity index (χ2n) is 3.36. The molecular weight excluding hydrogens is 250 g/mol. The van der Waals surface area contributed by atoms with Crippen LogP contribution in [0.3, 0.4) is 0 Å². The van der Waals surface area contributed by atoms with Gasteiger partial charge in [-0.2, -0.15) is 0 Å². The van der Waals surface area contributed by atoms with Gasteiger partial charge >= 0.3 is 0 Å². The molecule has 0 bridgehead atoms. The maximum absolute atomic E-state index is 11.5. The van der Waals surface area contributed by atoms with Crippen molar-refractivity contribution in [1.29, 1.82) is 0 Å². The van der Waals surface area contributed by atoms with Crippen LogP contribution < -0.4 is 5.32 Å². The first-order valence-electron chi connectivity index (χ1n) is 4.73. The fourth-order valence-corrected chi connectivity index (χ4v) is 2.71. The van der Waals surface area contributed by atoms with Crippen molar-refractivity contribution in [2.75, 3.05) is 12.3 Å². The summed E-state index contributed by atoms with van der Waals surface area (Å²) < 4.78 is 0. The third-order valence-corrected chi connectivity index (χ3v) is 3.90. The van der Waals surface area contributed by atoms with Crippen molar-refractivity contribution in [3.63, 3.8) is 0 Å². The third-order valence-electron chi connectivity index (χ3n) is 2.06. The molecule has 1 rings (SSSR count). The zero-order chi connectivity index (χ0) is 9.68. The first-order valence-corrected chi connectivity index (χ1v) is 6.70. The molecule has 1 aliphatic heterocycles. The lowest BCUT2D eigenvalue weighted by Crippen LogP contribution is -2.32. The quantitative estimate of drug-likeness (QED) is 0.790. The van der Waals surface area contributed by atoms with Gasteiger partial charge in [0.1, 0.15) is 0 Å². The monoisotopic (exact) mass is 265 g/mol. The lowest BCUT2D eigenvalue weighted by Gasteiger charge is -2.10. The van der Waals surface area contributed by atoms with E-state index in [1.165, 1.54) is 6.42 Å². The smallest absolute Gasteiger partial charge is 0.233 e. The highest BCUT2D eigenvalue weighted by Crippen LogP contribution is 2.25. The van der Waals surface area contributed by atoms with Crippen LogP contribution in [0.1, 0.15) is 26.2 Å². The van der Waals surface area contributed by atoms with E-state index in [0.717, 1.165) is 25.1 Å². The molecule has 1 N–H and O–H groups in total. The number of carbonyl (C=O) groups is 1. The summed E-state index contributed by atoms with van der Waals surface area (Å²) in [6.45, 7) is 2.89. The van der Waals surface area contributed by atoms with Crippen molar-refractivity contribution in [2.45, 2.75) is 36.3 Å². The molecule has 2 nitrogen and oxygen atoms in total. The molecule has 0 aromatic heterocycles. The lowest BCUT2D eigenvalue weighted by atomic mass is 10.2. The standard InChI is InChI=1S/C9H16BrNOS/c1-7(10)4-5-11-9(12)8-3-2-6-13-8/h7-8H,2-6H2,1H3,(H,11,12). The number of thioether (sulfide) groups is 1. The van der Waals surface area contributed by atoms with Crippen LogP contribution in [0.5, 0.6) is 0 Å². The van der Waals surface area contributed by atoms with E-state index in [1.54, 1.807) is 11.8 Å². The highest BCUT2D eigenvalue weighted by atomic mass is 79.9. The van der Waals surface area contributed by atoms with E-state index in [9.17, 15) is 4.79 Å². The van der Waals surface area contributed by atoms with Gasteiger partial charge in [-0.1, -0.05) is 22.9 Å². The average molecular weight is 266 g/mol. The number of amides is 1. The molecule has 1 saturated heterocycles. The minimum absolute atomic E-state index is 0.227. The van der Waals surface area contributed by atoms with Crippen molar-refractivity contribution in [1.82, 2.24) is 5.32 Å². The molecule has 13 heavy (non-hydrogen) atoms. The van der Waals surface area contributed by atoms with Crippen LogP contribution in [0, 0.1) is 0 Å². The predicted octanol–water partition coefficient (Wildman–Crippen LogP) is 2.17. The average Bonchev–Trinajstić information content (AvgIpc) is 2.55. The number of hydrogen-bond acceptors (Lipinski definition) is 2. The summed E-state index contributed by atoms with van der Waals surface area (Å²) in [6, 6.07) is 0. The molecule has 0 radical (unpaired) electrons. The number of carbonyl (C=O) groups excluding carboxylic acids is 1. The molecule has 0 aromatic carbocycles. The zero-order valence-electron chi connectivity index (χ0n) is 7.88. The molecule has 2 unspecified atom stereocenters. The van der Waals surface area contributed by atoms with Gasteiger partial charge in [0.25, 0.3) is 0 Å². The molecule has 2 atom stereocenters. The minimum atomic E-state index is 0.227. The van der Waals surface area contributed by atoms with Gasteiger partial charge in [-0.3, -0.25) is 4.79 Å². The van der Waals surface area contributed by atoms with Gasteiger partial charge in [0, 0.05) is 11.4 Å². The topological polar surface area (TPSA) is 29.1 Å². The van der Waals surface area contributed by atoms with E-state index in [1.807, 2.05) is 0 Å². The predicted molar refractivity (Wildman–Crippen MR) is 61.5 cm³/mol. The van der Waals surface area contributed by atoms with Crippen LogP contribution in [-0.2, 0) is 4.79 Å². The first kappa shape index (κ1) is 11.4. The number of rotatable bonds is 4. The van der Waals surface area contributed by atoms with Crippen molar-refractivity contribution in [2.24, 2.45) is 0 Å².